The summed E-state index contributed by atoms with van der Waals surface area (Å²) >= 11 is 12.0. The molecule has 9 heteroatoms. The van der Waals surface area contributed by atoms with Gasteiger partial charge >= 0.3 is 12.1 Å². The van der Waals surface area contributed by atoms with E-state index in [-0.39, 0.29) is 11.6 Å². The molecule has 0 aliphatic heterocycles. The number of rotatable bonds is 2. The first-order valence-corrected chi connectivity index (χ1v) is 8.05. The normalized spacial score (nSPS) is 11.8. The van der Waals surface area contributed by atoms with Crippen LogP contribution in [0.4, 0.5) is 18.9 Å². The fourth-order valence-corrected chi connectivity index (χ4v) is 2.95. The molecule has 0 aliphatic carbocycles. The van der Waals surface area contributed by atoms with E-state index >= 15 is 0 Å². The van der Waals surface area contributed by atoms with Gasteiger partial charge in [0.2, 0.25) is 5.89 Å². The van der Waals surface area contributed by atoms with Crippen LogP contribution in [0, 0.1) is 6.92 Å². The molecule has 0 bridgehead atoms. The topological polar surface area (TPSA) is 46.3 Å². The zero-order chi connectivity index (χ0) is 19.2. The van der Waals surface area contributed by atoms with Crippen LogP contribution in [0.2, 0.25) is 10.0 Å². The van der Waals surface area contributed by atoms with Gasteiger partial charge in [0.15, 0.2) is 5.58 Å². The third-order valence-corrected chi connectivity index (χ3v) is 4.30. The summed E-state index contributed by atoms with van der Waals surface area (Å²) in [5, 5.41) is 0.770. The lowest BCUT2D eigenvalue weighted by Gasteiger charge is -2.19. The van der Waals surface area contributed by atoms with Crippen molar-refractivity contribution in [3.63, 3.8) is 0 Å². The Morgan fingerprint density at radius 3 is 2.50 bits per heavy atom. The first-order valence-electron chi connectivity index (χ1n) is 7.29. The maximum absolute atomic E-state index is 12.7. The van der Waals surface area contributed by atoms with Crippen molar-refractivity contribution in [2.24, 2.45) is 0 Å². The molecule has 136 valence electrons. The van der Waals surface area contributed by atoms with Crippen molar-refractivity contribution in [1.82, 2.24) is 4.98 Å². The number of nitrogens with zero attached hydrogens (tertiary/aromatic N) is 2. The molecule has 3 aromatic rings. The second-order valence-electron chi connectivity index (χ2n) is 5.62. The monoisotopic (exact) mass is 402 g/mol. The van der Waals surface area contributed by atoms with E-state index in [1.807, 2.05) is 0 Å². The number of carbonyl (C=O) groups excluding carboxylic acids is 1. The highest BCUT2D eigenvalue weighted by Crippen LogP contribution is 2.34. The number of amides is 1. The number of carbonyl (C=O) groups is 1. The standard InChI is InChI=1S/C17H11Cl2F3N2O2/c1-8-5-10(24(2)16(25)17(20,21)22)7-13-14(8)26-15(23-13)11-4-3-9(18)6-12(11)19/h3-7H,1-2H3. The van der Waals surface area contributed by atoms with E-state index < -0.39 is 12.1 Å². The van der Waals surface area contributed by atoms with Gasteiger partial charge in [-0.05, 0) is 42.8 Å². The Morgan fingerprint density at radius 1 is 1.19 bits per heavy atom. The van der Waals surface area contributed by atoms with Crippen molar-refractivity contribution in [2.75, 3.05) is 11.9 Å². The Bertz CT molecular complexity index is 1020. The first kappa shape index (κ1) is 18.5. The molecule has 1 heterocycles. The average Bonchev–Trinajstić information content (AvgIpc) is 2.96. The molecule has 3 rings (SSSR count). The minimum absolute atomic E-state index is 0.0550. The molecular formula is C17H11Cl2F3N2O2. The van der Waals surface area contributed by atoms with Crippen molar-refractivity contribution in [2.45, 2.75) is 13.1 Å². The molecule has 0 radical (unpaired) electrons. The molecule has 0 saturated carbocycles. The number of hydrogen-bond donors (Lipinski definition) is 0. The van der Waals surface area contributed by atoms with Gasteiger partial charge in [0.1, 0.15) is 5.52 Å². The number of oxazole rings is 1. The van der Waals surface area contributed by atoms with Gasteiger partial charge in [0, 0.05) is 17.8 Å². The smallest absolute Gasteiger partial charge is 0.436 e. The summed E-state index contributed by atoms with van der Waals surface area (Å²) in [5.41, 5.74) is 1.78. The van der Waals surface area contributed by atoms with Crippen LogP contribution >= 0.6 is 23.2 Å². The van der Waals surface area contributed by atoms with Crippen molar-refractivity contribution in [3.8, 4) is 11.5 Å². The van der Waals surface area contributed by atoms with E-state index in [0.717, 1.165) is 7.05 Å². The number of hydrogen-bond acceptors (Lipinski definition) is 3. The number of benzene rings is 2. The van der Waals surface area contributed by atoms with E-state index in [0.29, 0.717) is 37.2 Å². The van der Waals surface area contributed by atoms with E-state index in [9.17, 15) is 18.0 Å². The van der Waals surface area contributed by atoms with Crippen molar-refractivity contribution < 1.29 is 22.4 Å². The van der Waals surface area contributed by atoms with Crippen LogP contribution in [0.15, 0.2) is 34.7 Å². The second-order valence-corrected chi connectivity index (χ2v) is 6.46. The second kappa shape index (κ2) is 6.48. The molecule has 0 atom stereocenters. The molecule has 0 N–H and O–H groups in total. The third kappa shape index (κ3) is 3.37. The first-order chi connectivity index (χ1) is 12.1. The fraction of sp³-hybridized carbons (Fsp3) is 0.176. The average molecular weight is 403 g/mol. The van der Waals surface area contributed by atoms with Crippen LogP contribution in [0.5, 0.6) is 0 Å². The lowest BCUT2D eigenvalue weighted by molar-refractivity contribution is -0.170. The minimum Gasteiger partial charge on any atom is -0.436 e. The summed E-state index contributed by atoms with van der Waals surface area (Å²) in [7, 11) is 1.05. The highest BCUT2D eigenvalue weighted by Gasteiger charge is 2.41. The zero-order valence-corrected chi connectivity index (χ0v) is 15.0. The van der Waals surface area contributed by atoms with Crippen molar-refractivity contribution in [3.05, 3.63) is 45.9 Å². The van der Waals surface area contributed by atoms with Gasteiger partial charge in [0.05, 0.1) is 10.6 Å². The molecule has 2 aromatic carbocycles. The number of halogens is 5. The SMILES string of the molecule is Cc1cc(N(C)C(=O)C(F)(F)F)cc2nc(-c3ccc(Cl)cc3Cl)oc12. The Kier molecular flexibility index (Phi) is 4.62. The van der Waals surface area contributed by atoms with E-state index in [4.69, 9.17) is 27.6 Å². The maximum Gasteiger partial charge on any atom is 0.471 e. The van der Waals surface area contributed by atoms with Crippen molar-refractivity contribution in [1.29, 1.82) is 0 Å². The Hall–Kier alpha value is -2.25. The minimum atomic E-state index is -4.97. The summed E-state index contributed by atoms with van der Waals surface area (Å²) in [6.07, 6.45) is -4.97. The molecule has 0 unspecified atom stereocenters. The van der Waals surface area contributed by atoms with Crippen LogP contribution in [-0.2, 0) is 4.79 Å². The molecule has 0 aliphatic rings. The number of fused-ring (bicyclic) bond motifs is 1. The lowest BCUT2D eigenvalue weighted by Crippen LogP contribution is -2.38. The Labute approximate surface area is 156 Å². The summed E-state index contributed by atoms with van der Waals surface area (Å²) in [6.45, 7) is 1.65. The zero-order valence-electron chi connectivity index (χ0n) is 13.5. The molecule has 4 nitrogen and oxygen atoms in total. The van der Waals surface area contributed by atoms with E-state index in [2.05, 4.69) is 4.98 Å². The number of alkyl halides is 3. The summed E-state index contributed by atoms with van der Waals surface area (Å²) in [4.78, 5) is 16.3. The molecule has 0 spiro atoms. The van der Waals surface area contributed by atoms with Gasteiger partial charge in [0.25, 0.3) is 0 Å². The van der Waals surface area contributed by atoms with Crippen LogP contribution in [0.3, 0.4) is 0 Å². The Balaban J connectivity index is 2.08. The number of aromatic nitrogens is 1. The summed E-state index contributed by atoms with van der Waals surface area (Å²) in [6, 6.07) is 7.55. The quantitative estimate of drug-likeness (QED) is 0.557. The number of anilines is 1. The van der Waals surface area contributed by atoms with E-state index in [1.165, 1.54) is 18.2 Å². The van der Waals surface area contributed by atoms with Crippen LogP contribution in [-0.4, -0.2) is 24.1 Å². The van der Waals surface area contributed by atoms with Gasteiger partial charge in [-0.15, -0.1) is 0 Å². The maximum atomic E-state index is 12.7. The molecule has 0 fully saturated rings. The van der Waals surface area contributed by atoms with Gasteiger partial charge in [-0.2, -0.15) is 13.2 Å². The van der Waals surface area contributed by atoms with Gasteiger partial charge in [-0.1, -0.05) is 23.2 Å². The van der Waals surface area contributed by atoms with Crippen LogP contribution < -0.4 is 4.90 Å². The van der Waals surface area contributed by atoms with Gasteiger partial charge < -0.3 is 9.32 Å². The van der Waals surface area contributed by atoms with Crippen molar-refractivity contribution >= 4 is 45.9 Å². The highest BCUT2D eigenvalue weighted by molar-refractivity contribution is 6.36. The Morgan fingerprint density at radius 2 is 1.88 bits per heavy atom. The molecule has 1 amide bonds. The predicted molar refractivity (Wildman–Crippen MR) is 93.7 cm³/mol. The van der Waals surface area contributed by atoms with Gasteiger partial charge in [-0.25, -0.2) is 4.98 Å². The predicted octanol–water partition coefficient (Wildman–Crippen LogP) is 5.64. The summed E-state index contributed by atoms with van der Waals surface area (Å²) in [5.74, 6) is -1.77. The largest absolute Gasteiger partial charge is 0.471 e. The molecular weight excluding hydrogens is 392 g/mol. The summed E-state index contributed by atoms with van der Waals surface area (Å²) < 4.78 is 43.7. The van der Waals surface area contributed by atoms with Crippen LogP contribution in [0.1, 0.15) is 5.56 Å². The van der Waals surface area contributed by atoms with E-state index in [1.54, 1.807) is 19.1 Å². The third-order valence-electron chi connectivity index (χ3n) is 3.76. The van der Waals surface area contributed by atoms with Gasteiger partial charge in [-0.3, -0.25) is 4.79 Å². The molecule has 1 aromatic heterocycles. The number of aryl methyl sites for hydroxylation is 1. The molecule has 0 saturated heterocycles. The van der Waals surface area contributed by atoms with Crippen LogP contribution in [0.25, 0.3) is 22.6 Å². The molecule has 26 heavy (non-hydrogen) atoms. The lowest BCUT2D eigenvalue weighted by atomic mass is 10.2. The fourth-order valence-electron chi connectivity index (χ4n) is 2.46. The highest BCUT2D eigenvalue weighted by atomic mass is 35.5.